The largest absolute Gasteiger partial charge is 0.373 e. The van der Waals surface area contributed by atoms with Crippen molar-refractivity contribution >= 4 is 0 Å². The van der Waals surface area contributed by atoms with E-state index >= 15 is 0 Å². The Morgan fingerprint density at radius 3 is 2.44 bits per heavy atom. The van der Waals surface area contributed by atoms with Crippen molar-refractivity contribution < 1.29 is 4.74 Å². The lowest BCUT2D eigenvalue weighted by Crippen LogP contribution is -2.50. The first kappa shape index (κ1) is 13.5. The number of rotatable bonds is 3. The summed E-state index contributed by atoms with van der Waals surface area (Å²) in [5, 5.41) is 4.26. The lowest BCUT2D eigenvalue weighted by Gasteiger charge is -2.41. The number of hydrogen-bond donors (Lipinski definition) is 1. The van der Waals surface area contributed by atoms with Gasteiger partial charge in [0.25, 0.3) is 0 Å². The molecule has 0 bridgehead atoms. The minimum Gasteiger partial charge on any atom is -0.373 e. The summed E-state index contributed by atoms with van der Waals surface area (Å²) in [6.07, 6.45) is 4.48. The smallest absolute Gasteiger partial charge is 0.0678 e. The van der Waals surface area contributed by atoms with Crippen LogP contribution in [0.3, 0.4) is 0 Å². The molecule has 0 radical (unpaired) electrons. The van der Waals surface area contributed by atoms with Crippen LogP contribution in [0.15, 0.2) is 12.4 Å². The Balaban J connectivity index is 2.19. The van der Waals surface area contributed by atoms with Crippen LogP contribution < -0.4 is 5.73 Å². The molecule has 1 fully saturated rings. The van der Waals surface area contributed by atoms with Crippen LogP contribution in [0.2, 0.25) is 0 Å². The summed E-state index contributed by atoms with van der Waals surface area (Å²) < 4.78 is 7.62. The monoisotopic (exact) mass is 252 g/mol. The Kier molecular flexibility index (Phi) is 4.04. The number of nitrogens with zero attached hydrogens (tertiary/aromatic N) is 3. The summed E-state index contributed by atoms with van der Waals surface area (Å²) in [6.45, 7) is 8.13. The molecule has 5 heteroatoms. The van der Waals surface area contributed by atoms with Crippen molar-refractivity contribution in [2.24, 2.45) is 12.8 Å². The highest BCUT2D eigenvalue weighted by molar-refractivity contribution is 5.13. The Morgan fingerprint density at radius 2 is 2.00 bits per heavy atom. The maximum Gasteiger partial charge on any atom is 0.0678 e. The molecule has 1 saturated heterocycles. The number of aryl methyl sites for hydroxylation is 1. The van der Waals surface area contributed by atoms with Crippen molar-refractivity contribution in [3.63, 3.8) is 0 Å². The minimum atomic E-state index is 0.0756. The van der Waals surface area contributed by atoms with Crippen molar-refractivity contribution in [2.75, 3.05) is 13.1 Å². The van der Waals surface area contributed by atoms with Crippen molar-refractivity contribution in [1.82, 2.24) is 14.7 Å². The molecule has 1 aliphatic heterocycles. The zero-order valence-corrected chi connectivity index (χ0v) is 11.7. The highest BCUT2D eigenvalue weighted by atomic mass is 16.5. The fourth-order valence-corrected chi connectivity index (χ4v) is 2.88. The second-order valence-electron chi connectivity index (χ2n) is 5.46. The van der Waals surface area contributed by atoms with Gasteiger partial charge in [-0.05, 0) is 20.8 Å². The second-order valence-corrected chi connectivity index (χ2v) is 5.46. The lowest BCUT2D eigenvalue weighted by molar-refractivity contribution is -0.0831. The van der Waals surface area contributed by atoms with E-state index in [1.807, 2.05) is 17.9 Å². The fourth-order valence-electron chi connectivity index (χ4n) is 2.88. The van der Waals surface area contributed by atoms with Gasteiger partial charge in [-0.15, -0.1) is 0 Å². The standard InChI is InChI=1S/C13H24N4O/c1-9-6-17(7-10(2)18-9)13(11(3)14)12-5-15-16(4)8-12/h5,8-11,13H,6-7,14H2,1-4H3. The predicted molar refractivity (Wildman–Crippen MR) is 71.2 cm³/mol. The van der Waals surface area contributed by atoms with E-state index in [1.165, 1.54) is 5.56 Å². The molecule has 0 aromatic carbocycles. The number of aromatic nitrogens is 2. The molecule has 1 aromatic rings. The van der Waals surface area contributed by atoms with Gasteiger partial charge in [0.05, 0.1) is 24.4 Å². The van der Waals surface area contributed by atoms with Gasteiger partial charge >= 0.3 is 0 Å². The van der Waals surface area contributed by atoms with E-state index in [-0.39, 0.29) is 24.3 Å². The zero-order valence-electron chi connectivity index (χ0n) is 11.7. The van der Waals surface area contributed by atoms with Gasteiger partial charge in [0.1, 0.15) is 0 Å². The van der Waals surface area contributed by atoms with Crippen molar-refractivity contribution in [3.8, 4) is 0 Å². The maximum absolute atomic E-state index is 6.18. The molecule has 4 unspecified atom stereocenters. The van der Waals surface area contributed by atoms with Gasteiger partial charge in [-0.3, -0.25) is 9.58 Å². The van der Waals surface area contributed by atoms with Crippen LogP contribution in [0.25, 0.3) is 0 Å². The third kappa shape index (κ3) is 2.91. The SMILES string of the molecule is CC1CN(C(c2cnn(C)c2)C(C)N)CC(C)O1. The van der Waals surface area contributed by atoms with Crippen LogP contribution in [-0.4, -0.2) is 46.0 Å². The average Bonchev–Trinajstić information content (AvgIpc) is 2.62. The van der Waals surface area contributed by atoms with E-state index in [0.717, 1.165) is 13.1 Å². The van der Waals surface area contributed by atoms with Gasteiger partial charge < -0.3 is 10.5 Å². The number of hydrogen-bond acceptors (Lipinski definition) is 4. The van der Waals surface area contributed by atoms with Crippen LogP contribution >= 0.6 is 0 Å². The summed E-state index contributed by atoms with van der Waals surface area (Å²) >= 11 is 0. The molecule has 102 valence electrons. The molecule has 4 atom stereocenters. The summed E-state index contributed by atoms with van der Waals surface area (Å²) in [5.74, 6) is 0. The normalized spacial score (nSPS) is 29.2. The molecule has 1 aromatic heterocycles. The van der Waals surface area contributed by atoms with E-state index < -0.39 is 0 Å². The van der Waals surface area contributed by atoms with Crippen molar-refractivity contribution in [3.05, 3.63) is 18.0 Å². The van der Waals surface area contributed by atoms with Crippen molar-refractivity contribution in [1.29, 1.82) is 0 Å². The fraction of sp³-hybridized carbons (Fsp3) is 0.769. The van der Waals surface area contributed by atoms with Crippen LogP contribution in [0.1, 0.15) is 32.4 Å². The van der Waals surface area contributed by atoms with Gasteiger partial charge in [0.15, 0.2) is 0 Å². The molecule has 0 aliphatic carbocycles. The first-order chi connectivity index (χ1) is 8.47. The van der Waals surface area contributed by atoms with Crippen LogP contribution in [0.4, 0.5) is 0 Å². The topological polar surface area (TPSA) is 56.3 Å². The van der Waals surface area contributed by atoms with Crippen LogP contribution in [0, 0.1) is 0 Å². The van der Waals surface area contributed by atoms with Crippen LogP contribution in [0.5, 0.6) is 0 Å². The van der Waals surface area contributed by atoms with Gasteiger partial charge in [-0.25, -0.2) is 0 Å². The minimum absolute atomic E-state index is 0.0756. The Morgan fingerprint density at radius 1 is 1.39 bits per heavy atom. The van der Waals surface area contributed by atoms with E-state index in [2.05, 4.69) is 37.0 Å². The molecule has 18 heavy (non-hydrogen) atoms. The number of nitrogens with two attached hydrogens (primary N) is 1. The van der Waals surface area contributed by atoms with E-state index in [1.54, 1.807) is 0 Å². The molecule has 2 heterocycles. The third-order valence-electron chi connectivity index (χ3n) is 3.41. The third-order valence-corrected chi connectivity index (χ3v) is 3.41. The van der Waals surface area contributed by atoms with Crippen molar-refractivity contribution in [2.45, 2.75) is 45.1 Å². The summed E-state index contributed by atoms with van der Waals surface area (Å²) in [5.41, 5.74) is 7.37. The highest BCUT2D eigenvalue weighted by Gasteiger charge is 2.31. The number of morpholine rings is 1. The molecule has 1 aliphatic rings. The summed E-state index contributed by atoms with van der Waals surface area (Å²) in [6, 6.07) is 0.291. The average molecular weight is 252 g/mol. The van der Waals surface area contributed by atoms with Crippen LogP contribution in [-0.2, 0) is 11.8 Å². The molecule has 0 saturated carbocycles. The quantitative estimate of drug-likeness (QED) is 0.869. The van der Waals surface area contributed by atoms with E-state index in [0.29, 0.717) is 0 Å². The molecule has 2 N–H and O–H groups in total. The molecule has 0 spiro atoms. The van der Waals surface area contributed by atoms with E-state index in [4.69, 9.17) is 10.5 Å². The van der Waals surface area contributed by atoms with Gasteiger partial charge in [0.2, 0.25) is 0 Å². The number of ether oxygens (including phenoxy) is 1. The van der Waals surface area contributed by atoms with Gasteiger partial charge in [0, 0.05) is 37.9 Å². The maximum atomic E-state index is 6.18. The Hall–Kier alpha value is -0.910. The highest BCUT2D eigenvalue weighted by Crippen LogP contribution is 2.26. The second kappa shape index (κ2) is 5.38. The molecule has 5 nitrogen and oxygen atoms in total. The summed E-state index contributed by atoms with van der Waals surface area (Å²) in [4.78, 5) is 2.42. The zero-order chi connectivity index (χ0) is 13.3. The first-order valence-corrected chi connectivity index (χ1v) is 6.61. The molecular formula is C13H24N4O. The van der Waals surface area contributed by atoms with Gasteiger partial charge in [-0.1, -0.05) is 0 Å². The molecule has 0 amide bonds. The first-order valence-electron chi connectivity index (χ1n) is 6.61. The van der Waals surface area contributed by atoms with E-state index in [9.17, 15) is 0 Å². The lowest BCUT2D eigenvalue weighted by atomic mass is 10.0. The molecule has 2 rings (SSSR count). The summed E-state index contributed by atoms with van der Waals surface area (Å²) in [7, 11) is 1.94. The Labute approximate surface area is 109 Å². The Bertz CT molecular complexity index is 380. The van der Waals surface area contributed by atoms with Gasteiger partial charge in [-0.2, -0.15) is 5.10 Å². The molecular weight excluding hydrogens is 228 g/mol. The predicted octanol–water partition coefficient (Wildman–Crippen LogP) is 0.918.